The van der Waals surface area contributed by atoms with E-state index in [1.807, 2.05) is 11.0 Å². The van der Waals surface area contributed by atoms with Crippen molar-refractivity contribution in [2.45, 2.75) is 31.7 Å². The molecule has 0 spiro atoms. The first-order valence-corrected chi connectivity index (χ1v) is 6.25. The molecule has 0 radical (unpaired) electrons. The van der Waals surface area contributed by atoms with Gasteiger partial charge in [-0.2, -0.15) is 0 Å². The number of nitrogens with one attached hydrogen (secondary N) is 1. The Morgan fingerprint density at radius 1 is 1.50 bits per heavy atom. The minimum Gasteiger partial charge on any atom is -0.373 e. The van der Waals surface area contributed by atoms with Crippen molar-refractivity contribution in [1.29, 1.82) is 0 Å². The van der Waals surface area contributed by atoms with Crippen LogP contribution in [0.4, 0.5) is 11.6 Å². The van der Waals surface area contributed by atoms with E-state index in [4.69, 9.17) is 5.73 Å². The molecule has 1 aromatic heterocycles. The second kappa shape index (κ2) is 5.66. The normalized spacial score (nSPS) is 15.6. The van der Waals surface area contributed by atoms with Crippen LogP contribution in [0, 0.1) is 0 Å². The van der Waals surface area contributed by atoms with Gasteiger partial charge in [0, 0.05) is 19.2 Å². The number of carbonyl (C=O) groups excluding carboxylic acids is 1. The summed E-state index contributed by atoms with van der Waals surface area (Å²) in [6, 6.07) is 2.21. The molecule has 0 atom stereocenters. The van der Waals surface area contributed by atoms with Crippen LogP contribution in [0.2, 0.25) is 0 Å². The average Bonchev–Trinajstić information content (AvgIpc) is 2.89. The zero-order valence-electron chi connectivity index (χ0n) is 10.6. The van der Waals surface area contributed by atoms with Crippen LogP contribution < -0.4 is 16.0 Å². The molecule has 0 bridgehead atoms. The van der Waals surface area contributed by atoms with Gasteiger partial charge < -0.3 is 16.0 Å². The summed E-state index contributed by atoms with van der Waals surface area (Å²) >= 11 is 0. The Balaban J connectivity index is 2.23. The number of primary amides is 1. The van der Waals surface area contributed by atoms with Crippen molar-refractivity contribution in [2.24, 2.45) is 5.73 Å². The molecule has 98 valence electrons. The van der Waals surface area contributed by atoms with E-state index in [0.717, 1.165) is 24.5 Å². The van der Waals surface area contributed by atoms with Crippen LogP contribution in [-0.4, -0.2) is 35.5 Å². The Morgan fingerprint density at radius 2 is 2.22 bits per heavy atom. The first kappa shape index (κ1) is 12.6. The molecule has 0 unspecified atom stereocenters. The zero-order chi connectivity index (χ0) is 13.0. The van der Waals surface area contributed by atoms with Gasteiger partial charge in [0.15, 0.2) is 0 Å². The van der Waals surface area contributed by atoms with Crippen LogP contribution in [0.3, 0.4) is 0 Å². The number of nitrogens with two attached hydrogens (primary N) is 1. The molecule has 1 aliphatic carbocycles. The molecular formula is C12H19N5O. The number of hydrogen-bond acceptors (Lipinski definition) is 5. The quantitative estimate of drug-likeness (QED) is 0.804. The number of amides is 1. The molecule has 1 amide bonds. The van der Waals surface area contributed by atoms with E-state index in [0.29, 0.717) is 6.04 Å². The van der Waals surface area contributed by atoms with E-state index in [2.05, 4.69) is 15.3 Å². The molecule has 3 N–H and O–H groups in total. The third kappa shape index (κ3) is 2.88. The fourth-order valence-corrected chi connectivity index (χ4v) is 2.42. The number of aromatic nitrogens is 2. The maximum Gasteiger partial charge on any atom is 0.237 e. The maximum absolute atomic E-state index is 11.2. The molecule has 0 aliphatic heterocycles. The molecule has 1 aromatic rings. The summed E-state index contributed by atoms with van der Waals surface area (Å²) in [7, 11) is 1.81. The molecule has 0 saturated heterocycles. The first-order valence-electron chi connectivity index (χ1n) is 6.25. The van der Waals surface area contributed by atoms with E-state index >= 15 is 0 Å². The van der Waals surface area contributed by atoms with Crippen molar-refractivity contribution in [3.05, 3.63) is 12.4 Å². The van der Waals surface area contributed by atoms with Gasteiger partial charge in [-0.1, -0.05) is 12.8 Å². The van der Waals surface area contributed by atoms with Crippen molar-refractivity contribution in [1.82, 2.24) is 9.97 Å². The van der Waals surface area contributed by atoms with E-state index < -0.39 is 0 Å². The lowest BCUT2D eigenvalue weighted by Crippen LogP contribution is -2.40. The van der Waals surface area contributed by atoms with Crippen LogP contribution >= 0.6 is 0 Å². The van der Waals surface area contributed by atoms with Crippen LogP contribution in [0.5, 0.6) is 0 Å². The Labute approximate surface area is 107 Å². The average molecular weight is 249 g/mol. The standard InChI is InChI=1S/C12H19N5O/c1-14-11-6-12(16-8-15-11)17(7-10(13)18)9-4-2-3-5-9/h6,8-9H,2-5,7H2,1H3,(H2,13,18)(H,14,15,16). The van der Waals surface area contributed by atoms with Gasteiger partial charge >= 0.3 is 0 Å². The summed E-state index contributed by atoms with van der Waals surface area (Å²) in [5.41, 5.74) is 5.33. The minimum absolute atomic E-state index is 0.213. The number of carbonyl (C=O) groups is 1. The molecule has 0 aromatic carbocycles. The van der Waals surface area contributed by atoms with Crippen LogP contribution in [0.1, 0.15) is 25.7 Å². The van der Waals surface area contributed by atoms with E-state index in [9.17, 15) is 4.79 Å². The number of hydrogen-bond donors (Lipinski definition) is 2. The van der Waals surface area contributed by atoms with E-state index in [1.165, 1.54) is 19.2 Å². The molecule has 1 heterocycles. The van der Waals surface area contributed by atoms with Gasteiger partial charge in [0.2, 0.25) is 5.91 Å². The summed E-state index contributed by atoms with van der Waals surface area (Å²) < 4.78 is 0. The molecular weight excluding hydrogens is 230 g/mol. The van der Waals surface area contributed by atoms with Crippen LogP contribution in [0.25, 0.3) is 0 Å². The molecule has 1 saturated carbocycles. The summed E-state index contributed by atoms with van der Waals surface area (Å²) in [4.78, 5) is 21.5. The fraction of sp³-hybridized carbons (Fsp3) is 0.583. The third-order valence-corrected chi connectivity index (χ3v) is 3.29. The van der Waals surface area contributed by atoms with Gasteiger partial charge in [-0.3, -0.25) is 4.79 Å². The lowest BCUT2D eigenvalue weighted by atomic mass is 10.2. The Bertz CT molecular complexity index is 417. The van der Waals surface area contributed by atoms with E-state index in [1.54, 1.807) is 7.05 Å². The van der Waals surface area contributed by atoms with Crippen molar-refractivity contribution >= 4 is 17.5 Å². The second-order valence-electron chi connectivity index (χ2n) is 4.54. The topological polar surface area (TPSA) is 84.1 Å². The van der Waals surface area contributed by atoms with Gasteiger partial charge in [0.25, 0.3) is 0 Å². The van der Waals surface area contributed by atoms with E-state index in [-0.39, 0.29) is 12.5 Å². The largest absolute Gasteiger partial charge is 0.373 e. The summed E-state index contributed by atoms with van der Waals surface area (Å²) in [5.74, 6) is 1.18. The summed E-state index contributed by atoms with van der Waals surface area (Å²) in [5, 5.41) is 2.97. The summed E-state index contributed by atoms with van der Waals surface area (Å²) in [6.45, 7) is 0.213. The lowest BCUT2D eigenvalue weighted by Gasteiger charge is -2.28. The van der Waals surface area contributed by atoms with Crippen molar-refractivity contribution in [3.63, 3.8) is 0 Å². The lowest BCUT2D eigenvalue weighted by molar-refractivity contribution is -0.116. The molecule has 2 rings (SSSR count). The maximum atomic E-state index is 11.2. The first-order chi connectivity index (χ1) is 8.70. The summed E-state index contributed by atoms with van der Waals surface area (Å²) in [6.07, 6.45) is 6.08. The number of nitrogens with zero attached hydrogens (tertiary/aromatic N) is 3. The predicted octanol–water partition coefficient (Wildman–Crippen LogP) is 0.753. The van der Waals surface area contributed by atoms with Gasteiger partial charge in [0.05, 0.1) is 6.54 Å². The third-order valence-electron chi connectivity index (χ3n) is 3.29. The van der Waals surface area contributed by atoms with Gasteiger partial charge in [0.1, 0.15) is 18.0 Å². The molecule has 18 heavy (non-hydrogen) atoms. The Morgan fingerprint density at radius 3 is 2.83 bits per heavy atom. The monoisotopic (exact) mass is 249 g/mol. The number of anilines is 2. The van der Waals surface area contributed by atoms with Gasteiger partial charge in [-0.25, -0.2) is 9.97 Å². The predicted molar refractivity (Wildman–Crippen MR) is 70.4 cm³/mol. The molecule has 6 heteroatoms. The van der Waals surface area contributed by atoms with Gasteiger partial charge in [-0.15, -0.1) is 0 Å². The highest BCUT2D eigenvalue weighted by atomic mass is 16.1. The van der Waals surface area contributed by atoms with Gasteiger partial charge in [-0.05, 0) is 12.8 Å². The van der Waals surface area contributed by atoms with Crippen molar-refractivity contribution < 1.29 is 4.79 Å². The van der Waals surface area contributed by atoms with Crippen LogP contribution in [-0.2, 0) is 4.79 Å². The second-order valence-corrected chi connectivity index (χ2v) is 4.54. The van der Waals surface area contributed by atoms with Crippen LogP contribution in [0.15, 0.2) is 12.4 Å². The zero-order valence-corrected chi connectivity index (χ0v) is 10.6. The van der Waals surface area contributed by atoms with Crippen molar-refractivity contribution in [3.8, 4) is 0 Å². The minimum atomic E-state index is -0.327. The highest BCUT2D eigenvalue weighted by molar-refractivity contribution is 5.79. The fourth-order valence-electron chi connectivity index (χ4n) is 2.42. The highest BCUT2D eigenvalue weighted by Crippen LogP contribution is 2.27. The molecule has 1 aliphatic rings. The SMILES string of the molecule is CNc1cc(N(CC(N)=O)C2CCCC2)ncn1. The highest BCUT2D eigenvalue weighted by Gasteiger charge is 2.25. The number of rotatable bonds is 5. The Hall–Kier alpha value is -1.85. The smallest absolute Gasteiger partial charge is 0.237 e. The Kier molecular flexibility index (Phi) is 3.96. The molecule has 1 fully saturated rings. The van der Waals surface area contributed by atoms with Crippen molar-refractivity contribution in [2.75, 3.05) is 23.8 Å². The molecule has 6 nitrogen and oxygen atoms in total.